The third-order valence-electron chi connectivity index (χ3n) is 3.35. The van der Waals surface area contributed by atoms with E-state index in [9.17, 15) is 0 Å². The summed E-state index contributed by atoms with van der Waals surface area (Å²) in [5.74, 6) is 0. The van der Waals surface area contributed by atoms with Gasteiger partial charge < -0.3 is 5.32 Å². The van der Waals surface area contributed by atoms with Crippen molar-refractivity contribution < 1.29 is 0 Å². The molecule has 0 aliphatic rings. The Kier molecular flexibility index (Phi) is 4.77. The van der Waals surface area contributed by atoms with Crippen molar-refractivity contribution >= 4 is 15.9 Å². The highest BCUT2D eigenvalue weighted by molar-refractivity contribution is 9.10. The van der Waals surface area contributed by atoms with Crippen molar-refractivity contribution in [3.8, 4) is 0 Å². The van der Waals surface area contributed by atoms with E-state index in [4.69, 9.17) is 0 Å². The van der Waals surface area contributed by atoms with Gasteiger partial charge in [-0.15, -0.1) is 0 Å². The van der Waals surface area contributed by atoms with Crippen molar-refractivity contribution in [3.63, 3.8) is 0 Å². The van der Waals surface area contributed by atoms with Gasteiger partial charge in [-0.25, -0.2) is 0 Å². The molecule has 0 saturated carbocycles. The molecular weight excluding hydrogens is 302 g/mol. The lowest BCUT2D eigenvalue weighted by molar-refractivity contribution is 0.547. The van der Waals surface area contributed by atoms with E-state index in [2.05, 4.69) is 70.5 Å². The largest absolute Gasteiger partial charge is 0.305 e. The number of hydrogen-bond acceptors (Lipinski definition) is 2. The fourth-order valence-corrected chi connectivity index (χ4v) is 2.30. The fourth-order valence-electron chi connectivity index (χ4n) is 2.04. The minimum Gasteiger partial charge on any atom is -0.305 e. The summed E-state index contributed by atoms with van der Waals surface area (Å²) in [4.78, 5) is 0. The van der Waals surface area contributed by atoms with Crippen LogP contribution in [0.2, 0.25) is 0 Å². The number of benzene rings is 1. The Balaban J connectivity index is 1.97. The van der Waals surface area contributed by atoms with Crippen molar-refractivity contribution in [1.82, 2.24) is 15.1 Å². The average molecular weight is 322 g/mol. The lowest BCUT2D eigenvalue weighted by Gasteiger charge is -2.14. The van der Waals surface area contributed by atoms with E-state index in [-0.39, 0.29) is 0 Å². The van der Waals surface area contributed by atoms with Crippen molar-refractivity contribution in [2.45, 2.75) is 32.9 Å². The van der Waals surface area contributed by atoms with Crippen LogP contribution in [0.5, 0.6) is 0 Å². The summed E-state index contributed by atoms with van der Waals surface area (Å²) in [5, 5.41) is 8.00. The summed E-state index contributed by atoms with van der Waals surface area (Å²) in [6, 6.07) is 10.9. The second-order valence-electron chi connectivity index (χ2n) is 4.76. The third kappa shape index (κ3) is 3.67. The summed E-state index contributed by atoms with van der Waals surface area (Å²) in [6.45, 7) is 5.14. The SMILES string of the molecule is CCc1cc(CN[C@H](C)c2ccc(Br)cc2)n(C)n1. The quantitative estimate of drug-likeness (QED) is 0.911. The van der Waals surface area contributed by atoms with Gasteiger partial charge >= 0.3 is 0 Å². The fraction of sp³-hybridized carbons (Fsp3) is 0.400. The van der Waals surface area contributed by atoms with Crippen molar-refractivity contribution in [1.29, 1.82) is 0 Å². The van der Waals surface area contributed by atoms with Gasteiger partial charge in [-0.05, 0) is 37.1 Å². The number of halogens is 1. The Morgan fingerprint density at radius 3 is 2.58 bits per heavy atom. The van der Waals surface area contributed by atoms with Crippen LogP contribution in [0.15, 0.2) is 34.8 Å². The lowest BCUT2D eigenvalue weighted by Crippen LogP contribution is -2.19. The number of aryl methyl sites for hydroxylation is 2. The van der Waals surface area contributed by atoms with Gasteiger partial charge in [0.25, 0.3) is 0 Å². The van der Waals surface area contributed by atoms with Gasteiger partial charge in [-0.1, -0.05) is 35.0 Å². The first kappa shape index (κ1) is 14.3. The first-order valence-electron chi connectivity index (χ1n) is 6.60. The molecular formula is C15H20BrN3. The Labute approximate surface area is 123 Å². The number of rotatable bonds is 5. The lowest BCUT2D eigenvalue weighted by atomic mass is 10.1. The highest BCUT2D eigenvalue weighted by atomic mass is 79.9. The molecule has 0 spiro atoms. The van der Waals surface area contributed by atoms with Crippen LogP contribution < -0.4 is 5.32 Å². The maximum atomic E-state index is 4.46. The van der Waals surface area contributed by atoms with E-state index in [0.717, 1.165) is 23.1 Å². The zero-order valence-corrected chi connectivity index (χ0v) is 13.2. The van der Waals surface area contributed by atoms with Gasteiger partial charge in [-0.3, -0.25) is 4.68 Å². The molecule has 0 amide bonds. The molecule has 0 bridgehead atoms. The molecule has 0 aliphatic heterocycles. The van der Waals surface area contributed by atoms with Crippen molar-refractivity contribution in [2.24, 2.45) is 7.05 Å². The predicted octanol–water partition coefficient (Wildman–Crippen LogP) is 3.60. The molecule has 0 aliphatic carbocycles. The molecule has 1 heterocycles. The predicted molar refractivity (Wildman–Crippen MR) is 82.0 cm³/mol. The van der Waals surface area contributed by atoms with Gasteiger partial charge in [0.2, 0.25) is 0 Å². The molecule has 0 radical (unpaired) electrons. The monoisotopic (exact) mass is 321 g/mol. The third-order valence-corrected chi connectivity index (χ3v) is 3.88. The first-order chi connectivity index (χ1) is 9.10. The summed E-state index contributed by atoms with van der Waals surface area (Å²) < 4.78 is 3.07. The second-order valence-corrected chi connectivity index (χ2v) is 5.67. The molecule has 1 aromatic heterocycles. The van der Waals surface area contributed by atoms with Gasteiger partial charge in [0, 0.05) is 24.1 Å². The van der Waals surface area contributed by atoms with Gasteiger partial charge in [0.15, 0.2) is 0 Å². The van der Waals surface area contributed by atoms with E-state index in [1.165, 1.54) is 11.3 Å². The van der Waals surface area contributed by atoms with E-state index >= 15 is 0 Å². The highest BCUT2D eigenvalue weighted by Gasteiger charge is 2.07. The van der Waals surface area contributed by atoms with Crippen LogP contribution in [-0.2, 0) is 20.0 Å². The van der Waals surface area contributed by atoms with Crippen LogP contribution >= 0.6 is 15.9 Å². The average Bonchev–Trinajstić information content (AvgIpc) is 2.77. The second kappa shape index (κ2) is 6.35. The zero-order valence-electron chi connectivity index (χ0n) is 11.7. The topological polar surface area (TPSA) is 29.9 Å². The molecule has 19 heavy (non-hydrogen) atoms. The van der Waals surface area contributed by atoms with E-state index in [1.54, 1.807) is 0 Å². The zero-order chi connectivity index (χ0) is 13.8. The van der Waals surface area contributed by atoms with Crippen LogP contribution in [0.25, 0.3) is 0 Å². The van der Waals surface area contributed by atoms with Crippen LogP contribution in [0.3, 0.4) is 0 Å². The molecule has 0 saturated heterocycles. The van der Waals surface area contributed by atoms with Crippen LogP contribution in [0.1, 0.15) is 36.8 Å². The molecule has 0 fully saturated rings. The van der Waals surface area contributed by atoms with Gasteiger partial charge in [-0.2, -0.15) is 5.10 Å². The van der Waals surface area contributed by atoms with Crippen LogP contribution in [0.4, 0.5) is 0 Å². The standard InChI is InChI=1S/C15H20BrN3/c1-4-14-9-15(19(3)18-14)10-17-11(2)12-5-7-13(16)8-6-12/h5-9,11,17H,4,10H2,1-3H3/t11-/m1/s1. The normalized spacial score (nSPS) is 12.6. The molecule has 102 valence electrons. The molecule has 3 nitrogen and oxygen atoms in total. The Bertz CT molecular complexity index is 531. The Morgan fingerprint density at radius 1 is 1.32 bits per heavy atom. The molecule has 2 rings (SSSR count). The summed E-state index contributed by atoms with van der Waals surface area (Å²) in [6.07, 6.45) is 0.982. The number of nitrogens with one attached hydrogen (secondary N) is 1. The first-order valence-corrected chi connectivity index (χ1v) is 7.40. The number of aromatic nitrogens is 2. The smallest absolute Gasteiger partial charge is 0.0625 e. The van der Waals surface area contributed by atoms with Crippen LogP contribution in [-0.4, -0.2) is 9.78 Å². The van der Waals surface area contributed by atoms with E-state index in [0.29, 0.717) is 6.04 Å². The summed E-state index contributed by atoms with van der Waals surface area (Å²) in [7, 11) is 2.00. The van der Waals surface area contributed by atoms with Crippen molar-refractivity contribution in [3.05, 3.63) is 51.8 Å². The molecule has 0 unspecified atom stereocenters. The summed E-state index contributed by atoms with van der Waals surface area (Å²) >= 11 is 3.46. The minimum atomic E-state index is 0.327. The highest BCUT2D eigenvalue weighted by Crippen LogP contribution is 2.17. The van der Waals surface area contributed by atoms with Gasteiger partial charge in [0.05, 0.1) is 11.4 Å². The molecule has 2 aromatic rings. The van der Waals surface area contributed by atoms with Crippen LogP contribution in [0, 0.1) is 0 Å². The maximum absolute atomic E-state index is 4.46. The Hall–Kier alpha value is -1.13. The van der Waals surface area contributed by atoms with Crippen molar-refractivity contribution in [2.75, 3.05) is 0 Å². The minimum absolute atomic E-state index is 0.327. The van der Waals surface area contributed by atoms with E-state index < -0.39 is 0 Å². The number of nitrogens with zero attached hydrogens (tertiary/aromatic N) is 2. The maximum Gasteiger partial charge on any atom is 0.0625 e. The molecule has 1 atom stereocenters. The summed E-state index contributed by atoms with van der Waals surface area (Å²) in [5.41, 5.74) is 3.66. The Morgan fingerprint density at radius 2 is 2.00 bits per heavy atom. The molecule has 1 N–H and O–H groups in total. The molecule has 4 heteroatoms. The van der Waals surface area contributed by atoms with E-state index in [1.807, 2.05) is 11.7 Å². The number of hydrogen-bond donors (Lipinski definition) is 1. The van der Waals surface area contributed by atoms with Gasteiger partial charge in [0.1, 0.15) is 0 Å². The molecule has 1 aromatic carbocycles.